The number of rotatable bonds is 6. The SMILES string of the molecule is COCC(NC(=O)N(C)CC1CCCC1O)C1CC1. The van der Waals surface area contributed by atoms with E-state index in [1.165, 1.54) is 12.8 Å². The monoisotopic (exact) mass is 270 g/mol. The number of hydrogen-bond acceptors (Lipinski definition) is 3. The molecule has 2 aliphatic carbocycles. The van der Waals surface area contributed by atoms with Crippen LogP contribution in [0.5, 0.6) is 0 Å². The van der Waals surface area contributed by atoms with Crippen LogP contribution < -0.4 is 5.32 Å². The zero-order valence-corrected chi connectivity index (χ0v) is 12.0. The molecule has 2 N–H and O–H groups in total. The third-order valence-corrected chi connectivity index (χ3v) is 4.32. The van der Waals surface area contributed by atoms with Gasteiger partial charge < -0.3 is 20.1 Å². The second kappa shape index (κ2) is 6.57. The summed E-state index contributed by atoms with van der Waals surface area (Å²) in [7, 11) is 3.47. The van der Waals surface area contributed by atoms with Gasteiger partial charge in [-0.05, 0) is 31.6 Å². The van der Waals surface area contributed by atoms with Crippen LogP contribution in [0.3, 0.4) is 0 Å². The Hall–Kier alpha value is -0.810. The van der Waals surface area contributed by atoms with Crippen LogP contribution in [0, 0.1) is 11.8 Å². The molecule has 3 unspecified atom stereocenters. The number of carbonyl (C=O) groups excluding carboxylic acids is 1. The van der Waals surface area contributed by atoms with Gasteiger partial charge >= 0.3 is 6.03 Å². The molecule has 5 heteroatoms. The van der Waals surface area contributed by atoms with Crippen LogP contribution in [0.15, 0.2) is 0 Å². The van der Waals surface area contributed by atoms with Gasteiger partial charge in [-0.25, -0.2) is 4.79 Å². The summed E-state index contributed by atoms with van der Waals surface area (Å²) >= 11 is 0. The molecule has 2 saturated carbocycles. The van der Waals surface area contributed by atoms with Crippen molar-refractivity contribution < 1.29 is 14.6 Å². The maximum atomic E-state index is 12.1. The summed E-state index contributed by atoms with van der Waals surface area (Å²) in [6, 6.07) is 0.0847. The summed E-state index contributed by atoms with van der Waals surface area (Å²) in [5.74, 6) is 0.812. The number of carbonyl (C=O) groups is 1. The lowest BCUT2D eigenvalue weighted by molar-refractivity contribution is 0.110. The Balaban J connectivity index is 1.77. The van der Waals surface area contributed by atoms with E-state index in [0.717, 1.165) is 19.3 Å². The Morgan fingerprint density at radius 3 is 2.68 bits per heavy atom. The summed E-state index contributed by atoms with van der Waals surface area (Å²) in [6.07, 6.45) is 5.07. The molecule has 0 bridgehead atoms. The quantitative estimate of drug-likeness (QED) is 0.762. The predicted octanol–water partition coefficient (Wildman–Crippen LogP) is 1.21. The second-order valence-electron chi connectivity index (χ2n) is 5.99. The summed E-state index contributed by atoms with van der Waals surface area (Å²) < 4.78 is 5.16. The Morgan fingerprint density at radius 2 is 2.16 bits per heavy atom. The molecule has 2 amide bonds. The Kier molecular flexibility index (Phi) is 5.05. The first-order valence-electron chi connectivity index (χ1n) is 7.30. The lowest BCUT2D eigenvalue weighted by Gasteiger charge is -2.26. The molecule has 2 fully saturated rings. The third-order valence-electron chi connectivity index (χ3n) is 4.32. The summed E-state index contributed by atoms with van der Waals surface area (Å²) in [5, 5.41) is 12.9. The van der Waals surface area contributed by atoms with Gasteiger partial charge in [-0.1, -0.05) is 6.42 Å². The number of aliphatic hydroxyl groups excluding tert-OH is 1. The van der Waals surface area contributed by atoms with Crippen LogP contribution in [0.2, 0.25) is 0 Å². The fraction of sp³-hybridized carbons (Fsp3) is 0.929. The number of nitrogens with one attached hydrogen (secondary N) is 1. The molecule has 110 valence electrons. The first-order valence-corrected chi connectivity index (χ1v) is 7.30. The number of amides is 2. The highest BCUT2D eigenvalue weighted by atomic mass is 16.5. The van der Waals surface area contributed by atoms with Crippen molar-refractivity contribution >= 4 is 6.03 Å². The zero-order valence-electron chi connectivity index (χ0n) is 12.0. The van der Waals surface area contributed by atoms with Crippen LogP contribution in [0.4, 0.5) is 4.79 Å². The molecule has 0 aromatic carbocycles. The molecular formula is C14H26N2O3. The molecule has 2 rings (SSSR count). The zero-order chi connectivity index (χ0) is 13.8. The average molecular weight is 270 g/mol. The van der Waals surface area contributed by atoms with Gasteiger partial charge in [0.15, 0.2) is 0 Å². The summed E-state index contributed by atoms with van der Waals surface area (Å²) in [5.41, 5.74) is 0. The predicted molar refractivity (Wildman–Crippen MR) is 72.9 cm³/mol. The second-order valence-corrected chi connectivity index (χ2v) is 5.99. The molecule has 2 aliphatic rings. The van der Waals surface area contributed by atoms with E-state index in [1.807, 2.05) is 0 Å². The number of nitrogens with zero attached hydrogens (tertiary/aromatic N) is 1. The smallest absolute Gasteiger partial charge is 0.317 e. The molecule has 0 aromatic rings. The van der Waals surface area contributed by atoms with E-state index in [0.29, 0.717) is 19.1 Å². The molecule has 0 radical (unpaired) electrons. The minimum atomic E-state index is -0.242. The van der Waals surface area contributed by atoms with E-state index in [-0.39, 0.29) is 24.1 Å². The van der Waals surface area contributed by atoms with E-state index < -0.39 is 0 Å². The average Bonchev–Trinajstić information content (AvgIpc) is 3.14. The number of ether oxygens (including phenoxy) is 1. The van der Waals surface area contributed by atoms with Crippen molar-refractivity contribution in [1.29, 1.82) is 0 Å². The van der Waals surface area contributed by atoms with Crippen molar-refractivity contribution in [3.05, 3.63) is 0 Å². The van der Waals surface area contributed by atoms with Crippen LogP contribution in [-0.4, -0.2) is 55.5 Å². The molecule has 0 spiro atoms. The fourth-order valence-corrected chi connectivity index (χ4v) is 2.91. The van der Waals surface area contributed by atoms with Gasteiger partial charge in [-0.2, -0.15) is 0 Å². The Labute approximate surface area is 115 Å². The standard InChI is InChI=1S/C14H26N2O3/c1-16(8-11-4-3-5-13(11)17)14(18)15-12(9-19-2)10-6-7-10/h10-13,17H,3-9H2,1-2H3,(H,15,18). The lowest BCUT2D eigenvalue weighted by Crippen LogP contribution is -2.47. The minimum Gasteiger partial charge on any atom is -0.393 e. The molecule has 5 nitrogen and oxygen atoms in total. The van der Waals surface area contributed by atoms with Gasteiger partial charge in [-0.3, -0.25) is 0 Å². The maximum Gasteiger partial charge on any atom is 0.317 e. The highest BCUT2D eigenvalue weighted by molar-refractivity contribution is 5.74. The van der Waals surface area contributed by atoms with Gasteiger partial charge in [-0.15, -0.1) is 0 Å². The number of methoxy groups -OCH3 is 1. The summed E-state index contributed by atoms with van der Waals surface area (Å²) in [6.45, 7) is 1.22. The normalized spacial score (nSPS) is 28.2. The molecule has 0 aliphatic heterocycles. The van der Waals surface area contributed by atoms with Crippen molar-refractivity contribution in [2.75, 3.05) is 27.3 Å². The molecule has 0 saturated heterocycles. The lowest BCUT2D eigenvalue weighted by atomic mass is 10.1. The first-order chi connectivity index (χ1) is 9.11. The van der Waals surface area contributed by atoms with E-state index in [9.17, 15) is 9.90 Å². The Morgan fingerprint density at radius 1 is 1.42 bits per heavy atom. The minimum absolute atomic E-state index is 0.0481. The van der Waals surface area contributed by atoms with E-state index in [2.05, 4.69) is 5.32 Å². The third kappa shape index (κ3) is 4.08. The molecule has 0 aromatic heterocycles. The first kappa shape index (κ1) is 14.6. The van der Waals surface area contributed by atoms with Crippen molar-refractivity contribution in [3.8, 4) is 0 Å². The van der Waals surface area contributed by atoms with Gasteiger partial charge in [0, 0.05) is 26.6 Å². The van der Waals surface area contributed by atoms with Crippen LogP contribution in [-0.2, 0) is 4.74 Å². The molecule has 19 heavy (non-hydrogen) atoms. The van der Waals surface area contributed by atoms with Gasteiger partial charge in [0.25, 0.3) is 0 Å². The molecular weight excluding hydrogens is 244 g/mol. The Bertz CT molecular complexity index is 307. The fourth-order valence-electron chi connectivity index (χ4n) is 2.91. The number of urea groups is 1. The maximum absolute atomic E-state index is 12.1. The van der Waals surface area contributed by atoms with Crippen molar-refractivity contribution in [2.24, 2.45) is 11.8 Å². The van der Waals surface area contributed by atoms with E-state index in [4.69, 9.17) is 4.74 Å². The van der Waals surface area contributed by atoms with Crippen molar-refractivity contribution in [3.63, 3.8) is 0 Å². The van der Waals surface area contributed by atoms with Crippen LogP contribution in [0.25, 0.3) is 0 Å². The molecule has 0 heterocycles. The van der Waals surface area contributed by atoms with E-state index >= 15 is 0 Å². The topological polar surface area (TPSA) is 61.8 Å². The number of hydrogen-bond donors (Lipinski definition) is 2. The summed E-state index contributed by atoms with van der Waals surface area (Å²) in [4.78, 5) is 13.8. The van der Waals surface area contributed by atoms with Crippen LogP contribution >= 0.6 is 0 Å². The van der Waals surface area contributed by atoms with Gasteiger partial charge in [0.1, 0.15) is 0 Å². The highest BCUT2D eigenvalue weighted by Gasteiger charge is 2.33. The van der Waals surface area contributed by atoms with E-state index in [1.54, 1.807) is 19.1 Å². The largest absolute Gasteiger partial charge is 0.393 e. The molecule has 3 atom stereocenters. The van der Waals surface area contributed by atoms with Crippen molar-refractivity contribution in [1.82, 2.24) is 10.2 Å². The van der Waals surface area contributed by atoms with Crippen molar-refractivity contribution in [2.45, 2.75) is 44.2 Å². The van der Waals surface area contributed by atoms with Gasteiger partial charge in [0.2, 0.25) is 0 Å². The number of aliphatic hydroxyl groups is 1. The highest BCUT2D eigenvalue weighted by Crippen LogP contribution is 2.33. The van der Waals surface area contributed by atoms with Crippen LogP contribution in [0.1, 0.15) is 32.1 Å². The van der Waals surface area contributed by atoms with Gasteiger partial charge in [0.05, 0.1) is 18.8 Å².